The van der Waals surface area contributed by atoms with Crippen LogP contribution in [0.15, 0.2) is 47.4 Å². The SMILES string of the molecule is Cc1ccc(S(=O)(=O)N(C)CC(=O)Oc2ccc(C)cc2C)cc1. The summed E-state index contributed by atoms with van der Waals surface area (Å²) >= 11 is 0. The molecule has 0 aliphatic rings. The molecule has 2 aromatic rings. The van der Waals surface area contributed by atoms with Gasteiger partial charge in [0.2, 0.25) is 10.0 Å². The molecule has 0 spiro atoms. The normalized spacial score (nSPS) is 11.5. The lowest BCUT2D eigenvalue weighted by molar-refractivity contribution is -0.134. The van der Waals surface area contributed by atoms with Crippen molar-refractivity contribution in [3.63, 3.8) is 0 Å². The van der Waals surface area contributed by atoms with Crippen molar-refractivity contribution in [3.05, 3.63) is 59.2 Å². The molecule has 0 saturated carbocycles. The van der Waals surface area contributed by atoms with Crippen molar-refractivity contribution in [2.75, 3.05) is 13.6 Å². The van der Waals surface area contributed by atoms with E-state index in [1.165, 1.54) is 19.2 Å². The van der Waals surface area contributed by atoms with E-state index in [9.17, 15) is 13.2 Å². The predicted octanol–water partition coefficient (Wildman–Crippen LogP) is 2.84. The van der Waals surface area contributed by atoms with Crippen LogP contribution in [0.3, 0.4) is 0 Å². The second-order valence-corrected chi connectivity index (χ2v) is 7.86. The smallest absolute Gasteiger partial charge is 0.326 e. The number of aryl methyl sites for hydroxylation is 3. The zero-order valence-corrected chi connectivity index (χ0v) is 15.1. The summed E-state index contributed by atoms with van der Waals surface area (Å²) in [5, 5.41) is 0. The minimum atomic E-state index is -3.73. The molecule has 0 amide bonds. The van der Waals surface area contributed by atoms with Gasteiger partial charge in [-0.15, -0.1) is 0 Å². The number of hydrogen-bond acceptors (Lipinski definition) is 4. The van der Waals surface area contributed by atoms with Gasteiger partial charge in [0.05, 0.1) is 4.90 Å². The van der Waals surface area contributed by atoms with Crippen molar-refractivity contribution in [1.82, 2.24) is 4.31 Å². The Morgan fingerprint density at radius 1 is 1.00 bits per heavy atom. The summed E-state index contributed by atoms with van der Waals surface area (Å²) in [4.78, 5) is 12.2. The van der Waals surface area contributed by atoms with Crippen molar-refractivity contribution in [3.8, 4) is 5.75 Å². The summed E-state index contributed by atoms with van der Waals surface area (Å²) in [6.07, 6.45) is 0. The van der Waals surface area contributed by atoms with Crippen LogP contribution >= 0.6 is 0 Å². The Balaban J connectivity index is 2.09. The Bertz CT molecular complexity index is 842. The maximum Gasteiger partial charge on any atom is 0.326 e. The van der Waals surface area contributed by atoms with E-state index >= 15 is 0 Å². The predicted molar refractivity (Wildman–Crippen MR) is 92.5 cm³/mol. The van der Waals surface area contributed by atoms with Crippen LogP contribution in [0.25, 0.3) is 0 Å². The number of carbonyl (C=O) groups excluding carboxylic acids is 1. The van der Waals surface area contributed by atoms with Crippen LogP contribution in [0, 0.1) is 20.8 Å². The van der Waals surface area contributed by atoms with Crippen LogP contribution in [0.5, 0.6) is 5.75 Å². The van der Waals surface area contributed by atoms with Crippen molar-refractivity contribution < 1.29 is 17.9 Å². The third-order valence-electron chi connectivity index (χ3n) is 3.64. The third-order valence-corrected chi connectivity index (χ3v) is 5.45. The Morgan fingerprint density at radius 3 is 2.17 bits per heavy atom. The molecule has 5 nitrogen and oxygen atoms in total. The molecule has 0 unspecified atom stereocenters. The molecule has 0 N–H and O–H groups in total. The van der Waals surface area contributed by atoms with E-state index in [1.807, 2.05) is 32.9 Å². The van der Waals surface area contributed by atoms with Crippen LogP contribution in [0.1, 0.15) is 16.7 Å². The number of benzene rings is 2. The van der Waals surface area contributed by atoms with Gasteiger partial charge in [-0.25, -0.2) is 8.42 Å². The van der Waals surface area contributed by atoms with E-state index in [-0.39, 0.29) is 11.4 Å². The van der Waals surface area contributed by atoms with E-state index in [0.29, 0.717) is 5.75 Å². The largest absolute Gasteiger partial charge is 0.425 e. The average molecular weight is 347 g/mol. The average Bonchev–Trinajstić information content (AvgIpc) is 2.50. The summed E-state index contributed by atoms with van der Waals surface area (Å²) in [5.74, 6) is -0.188. The molecule has 0 atom stereocenters. The maximum absolute atomic E-state index is 12.5. The minimum Gasteiger partial charge on any atom is -0.425 e. The van der Waals surface area contributed by atoms with Crippen molar-refractivity contribution in [2.24, 2.45) is 0 Å². The van der Waals surface area contributed by atoms with Crippen molar-refractivity contribution in [2.45, 2.75) is 25.7 Å². The fourth-order valence-corrected chi connectivity index (χ4v) is 3.34. The molecule has 6 heteroatoms. The van der Waals surface area contributed by atoms with Crippen LogP contribution in [0.2, 0.25) is 0 Å². The Kier molecular flexibility index (Phi) is 5.41. The van der Waals surface area contributed by atoms with Crippen LogP contribution < -0.4 is 4.74 Å². The highest BCUT2D eigenvalue weighted by atomic mass is 32.2. The van der Waals surface area contributed by atoms with Crippen molar-refractivity contribution >= 4 is 16.0 Å². The molecule has 2 aromatic carbocycles. The highest BCUT2D eigenvalue weighted by Gasteiger charge is 2.23. The fourth-order valence-electron chi connectivity index (χ4n) is 2.23. The number of likely N-dealkylation sites (N-methyl/N-ethyl adjacent to an activating group) is 1. The standard InChI is InChI=1S/C18H21NO4S/c1-13-5-8-16(9-6-13)24(21,22)19(4)12-18(20)23-17-10-7-14(2)11-15(17)3/h5-11H,12H2,1-4H3. The minimum absolute atomic E-state index is 0.148. The molecule has 0 bridgehead atoms. The molecule has 0 radical (unpaired) electrons. The quantitative estimate of drug-likeness (QED) is 0.616. The zero-order valence-electron chi connectivity index (χ0n) is 14.2. The van der Waals surface area contributed by atoms with Gasteiger partial charge < -0.3 is 4.74 Å². The first-order chi connectivity index (χ1) is 11.2. The van der Waals surface area contributed by atoms with Crippen molar-refractivity contribution in [1.29, 1.82) is 0 Å². The fraction of sp³-hybridized carbons (Fsp3) is 0.278. The molecule has 0 heterocycles. The number of rotatable bonds is 5. The summed E-state index contributed by atoms with van der Waals surface area (Å²) in [6, 6.07) is 11.9. The molecule has 128 valence electrons. The number of ether oxygens (including phenoxy) is 1. The van der Waals surface area contributed by atoms with E-state index < -0.39 is 16.0 Å². The topological polar surface area (TPSA) is 63.7 Å². The van der Waals surface area contributed by atoms with Gasteiger partial charge in [-0.1, -0.05) is 35.4 Å². The molecule has 24 heavy (non-hydrogen) atoms. The lowest BCUT2D eigenvalue weighted by atomic mass is 10.1. The summed E-state index contributed by atoms with van der Waals surface area (Å²) in [7, 11) is -2.37. The van der Waals surface area contributed by atoms with Gasteiger partial charge in [-0.3, -0.25) is 4.79 Å². The Hall–Kier alpha value is -2.18. The lowest BCUT2D eigenvalue weighted by Crippen LogP contribution is -2.34. The molecule has 0 aliphatic carbocycles. The van der Waals surface area contributed by atoms with Crippen LogP contribution in [-0.2, 0) is 14.8 Å². The van der Waals surface area contributed by atoms with Gasteiger partial charge >= 0.3 is 5.97 Å². The van der Waals surface area contributed by atoms with Crippen LogP contribution in [-0.4, -0.2) is 32.3 Å². The van der Waals surface area contributed by atoms with Gasteiger partial charge in [-0.05, 0) is 44.5 Å². The number of hydrogen-bond donors (Lipinski definition) is 0. The van der Waals surface area contributed by atoms with Gasteiger partial charge in [0, 0.05) is 7.05 Å². The number of sulfonamides is 1. The third kappa shape index (κ3) is 4.21. The van der Waals surface area contributed by atoms with E-state index in [0.717, 1.165) is 21.0 Å². The van der Waals surface area contributed by atoms with E-state index in [1.54, 1.807) is 18.2 Å². The molecule has 2 rings (SSSR count). The second kappa shape index (κ2) is 7.15. The number of esters is 1. The lowest BCUT2D eigenvalue weighted by Gasteiger charge is -2.17. The molecule has 0 aromatic heterocycles. The summed E-state index contributed by atoms with van der Waals surface area (Å²) < 4.78 is 31.2. The van der Waals surface area contributed by atoms with E-state index in [2.05, 4.69) is 0 Å². The highest BCUT2D eigenvalue weighted by molar-refractivity contribution is 7.89. The summed E-state index contributed by atoms with van der Waals surface area (Å²) in [5.41, 5.74) is 2.85. The molecular weight excluding hydrogens is 326 g/mol. The monoisotopic (exact) mass is 347 g/mol. The first kappa shape index (κ1) is 18.2. The molecule has 0 fully saturated rings. The zero-order chi connectivity index (χ0) is 17.9. The Morgan fingerprint density at radius 2 is 1.58 bits per heavy atom. The second-order valence-electron chi connectivity index (χ2n) is 5.82. The van der Waals surface area contributed by atoms with Gasteiger partial charge in [-0.2, -0.15) is 4.31 Å². The van der Waals surface area contributed by atoms with E-state index in [4.69, 9.17) is 4.74 Å². The number of carbonyl (C=O) groups is 1. The maximum atomic E-state index is 12.5. The molecule has 0 saturated heterocycles. The summed E-state index contributed by atoms with van der Waals surface area (Å²) in [6.45, 7) is 5.30. The molecule has 0 aliphatic heterocycles. The first-order valence-corrected chi connectivity index (χ1v) is 8.95. The van der Waals surface area contributed by atoms with Gasteiger partial charge in [0.1, 0.15) is 12.3 Å². The molecular formula is C18H21NO4S. The highest BCUT2D eigenvalue weighted by Crippen LogP contribution is 2.20. The van der Waals surface area contributed by atoms with Crippen LogP contribution in [0.4, 0.5) is 0 Å². The first-order valence-electron chi connectivity index (χ1n) is 7.51. The Labute approximate surface area is 142 Å². The number of nitrogens with zero attached hydrogens (tertiary/aromatic N) is 1. The van der Waals surface area contributed by atoms with Gasteiger partial charge in [0.25, 0.3) is 0 Å². The van der Waals surface area contributed by atoms with Gasteiger partial charge in [0.15, 0.2) is 0 Å².